The standard InChI is InChI=1S/C8H5Cl5/c9-3-5-1-4(8(12)13)2-6(10)7(5)11/h1-2,8H,3H2. The molecule has 0 aliphatic heterocycles. The van der Waals surface area contributed by atoms with E-state index in [-0.39, 0.29) is 5.88 Å². The molecule has 0 N–H and O–H groups in total. The van der Waals surface area contributed by atoms with E-state index < -0.39 is 4.84 Å². The van der Waals surface area contributed by atoms with Crippen molar-refractivity contribution in [3.63, 3.8) is 0 Å². The summed E-state index contributed by atoms with van der Waals surface area (Å²) in [6.45, 7) is 0. The maximum absolute atomic E-state index is 5.87. The van der Waals surface area contributed by atoms with Crippen LogP contribution in [0.5, 0.6) is 0 Å². The molecule has 0 saturated heterocycles. The van der Waals surface area contributed by atoms with Crippen molar-refractivity contribution in [1.29, 1.82) is 0 Å². The quantitative estimate of drug-likeness (QED) is 0.652. The van der Waals surface area contributed by atoms with Gasteiger partial charge in [-0.3, -0.25) is 0 Å². The van der Waals surface area contributed by atoms with Gasteiger partial charge in [-0.15, -0.1) is 34.8 Å². The third-order valence-electron chi connectivity index (χ3n) is 1.52. The monoisotopic (exact) mass is 276 g/mol. The molecule has 0 aliphatic rings. The molecule has 0 spiro atoms. The van der Waals surface area contributed by atoms with Crippen LogP contribution in [0.3, 0.4) is 0 Å². The van der Waals surface area contributed by atoms with E-state index in [9.17, 15) is 0 Å². The summed E-state index contributed by atoms with van der Waals surface area (Å²) in [5, 5.41) is 0.871. The van der Waals surface area contributed by atoms with Crippen LogP contribution in [-0.2, 0) is 5.88 Å². The lowest BCUT2D eigenvalue weighted by Gasteiger charge is -2.07. The maximum Gasteiger partial charge on any atom is 0.132 e. The van der Waals surface area contributed by atoms with Gasteiger partial charge in [0.2, 0.25) is 0 Å². The minimum atomic E-state index is -0.614. The largest absolute Gasteiger partial charge is 0.132 e. The molecule has 1 aromatic rings. The highest BCUT2D eigenvalue weighted by Gasteiger charge is 2.10. The molecule has 0 aliphatic carbocycles. The van der Waals surface area contributed by atoms with Crippen molar-refractivity contribution in [3.05, 3.63) is 33.3 Å². The van der Waals surface area contributed by atoms with Crippen molar-refractivity contribution in [2.24, 2.45) is 0 Å². The summed E-state index contributed by atoms with van der Waals surface area (Å²) in [6, 6.07) is 3.37. The predicted octanol–water partition coefficient (Wildman–Crippen LogP) is 5.21. The first kappa shape index (κ1) is 11.7. The molecule has 1 rings (SSSR count). The van der Waals surface area contributed by atoms with E-state index in [1.807, 2.05) is 0 Å². The van der Waals surface area contributed by atoms with Crippen LogP contribution in [0.4, 0.5) is 0 Å². The summed E-state index contributed by atoms with van der Waals surface area (Å²) >= 11 is 28.7. The van der Waals surface area contributed by atoms with Gasteiger partial charge in [0, 0.05) is 5.88 Å². The predicted molar refractivity (Wildman–Crippen MR) is 60.5 cm³/mol. The molecular weight excluding hydrogens is 273 g/mol. The molecule has 0 heterocycles. The van der Waals surface area contributed by atoms with Gasteiger partial charge in [-0.1, -0.05) is 29.3 Å². The Morgan fingerprint density at radius 3 is 2.23 bits per heavy atom. The Morgan fingerprint density at radius 1 is 1.15 bits per heavy atom. The highest BCUT2D eigenvalue weighted by molar-refractivity contribution is 6.45. The lowest BCUT2D eigenvalue weighted by molar-refractivity contribution is 1.29. The Hall–Kier alpha value is 0.670. The molecule has 0 amide bonds. The Kier molecular flexibility index (Phi) is 4.47. The Balaban J connectivity index is 3.22. The smallest absolute Gasteiger partial charge is 0.121 e. The molecule has 1 aromatic carbocycles. The van der Waals surface area contributed by atoms with Gasteiger partial charge >= 0.3 is 0 Å². The topological polar surface area (TPSA) is 0 Å². The van der Waals surface area contributed by atoms with Crippen LogP contribution in [0.15, 0.2) is 12.1 Å². The van der Waals surface area contributed by atoms with Crippen LogP contribution in [-0.4, -0.2) is 0 Å². The summed E-state index contributed by atoms with van der Waals surface area (Å²) in [6.07, 6.45) is 0. The Morgan fingerprint density at radius 2 is 1.77 bits per heavy atom. The second-order valence-corrected chi connectivity index (χ2v) is 4.56. The first-order valence-corrected chi connectivity index (χ1v) is 5.54. The van der Waals surface area contributed by atoms with Crippen LogP contribution in [0.2, 0.25) is 10.0 Å². The SMILES string of the molecule is ClCc1cc(C(Cl)Cl)cc(Cl)c1Cl. The van der Waals surface area contributed by atoms with Gasteiger partial charge in [0.25, 0.3) is 0 Å². The van der Waals surface area contributed by atoms with Crippen molar-refractivity contribution in [2.75, 3.05) is 0 Å². The van der Waals surface area contributed by atoms with E-state index in [2.05, 4.69) is 0 Å². The zero-order valence-corrected chi connectivity index (χ0v) is 10.1. The van der Waals surface area contributed by atoms with E-state index >= 15 is 0 Å². The maximum atomic E-state index is 5.87. The third kappa shape index (κ3) is 2.81. The van der Waals surface area contributed by atoms with Crippen molar-refractivity contribution in [2.45, 2.75) is 10.7 Å². The summed E-state index contributed by atoms with van der Waals surface area (Å²) in [5.74, 6) is 0.285. The highest BCUT2D eigenvalue weighted by atomic mass is 35.5. The lowest BCUT2D eigenvalue weighted by Crippen LogP contribution is -1.88. The molecule has 0 radical (unpaired) electrons. The molecule has 72 valence electrons. The molecular formula is C8H5Cl5. The average Bonchev–Trinajstić information content (AvgIpc) is 2.09. The van der Waals surface area contributed by atoms with Crippen LogP contribution in [0.25, 0.3) is 0 Å². The fraction of sp³-hybridized carbons (Fsp3) is 0.250. The summed E-state index contributed by atoms with van der Waals surface area (Å²) in [4.78, 5) is -0.614. The number of benzene rings is 1. The molecule has 0 bridgehead atoms. The van der Waals surface area contributed by atoms with Gasteiger partial charge in [-0.25, -0.2) is 0 Å². The summed E-state index contributed by atoms with van der Waals surface area (Å²) < 4.78 is 0. The van der Waals surface area contributed by atoms with Crippen molar-refractivity contribution in [1.82, 2.24) is 0 Å². The van der Waals surface area contributed by atoms with E-state index in [0.29, 0.717) is 15.6 Å². The zero-order valence-electron chi connectivity index (χ0n) is 6.33. The van der Waals surface area contributed by atoms with Gasteiger partial charge in [-0.2, -0.15) is 0 Å². The van der Waals surface area contributed by atoms with Gasteiger partial charge in [0.05, 0.1) is 10.0 Å². The average molecular weight is 278 g/mol. The lowest BCUT2D eigenvalue weighted by atomic mass is 10.1. The second kappa shape index (κ2) is 4.95. The van der Waals surface area contributed by atoms with E-state index in [1.54, 1.807) is 12.1 Å². The number of halogens is 5. The van der Waals surface area contributed by atoms with Crippen LogP contribution < -0.4 is 0 Å². The van der Waals surface area contributed by atoms with Crippen LogP contribution in [0.1, 0.15) is 16.0 Å². The Labute approximate surface area is 102 Å². The van der Waals surface area contributed by atoms with Gasteiger partial charge in [-0.05, 0) is 17.2 Å². The fourth-order valence-electron chi connectivity index (χ4n) is 0.893. The van der Waals surface area contributed by atoms with Crippen LogP contribution in [0, 0.1) is 0 Å². The minimum Gasteiger partial charge on any atom is -0.121 e. The molecule has 13 heavy (non-hydrogen) atoms. The molecule has 0 fully saturated rings. The number of hydrogen-bond donors (Lipinski definition) is 0. The summed E-state index contributed by atoms with van der Waals surface area (Å²) in [7, 11) is 0. The van der Waals surface area contributed by atoms with E-state index in [1.165, 1.54) is 0 Å². The first-order valence-electron chi connectivity index (χ1n) is 3.38. The fourth-order valence-corrected chi connectivity index (χ4v) is 1.85. The molecule has 0 saturated carbocycles. The number of alkyl halides is 3. The van der Waals surface area contributed by atoms with E-state index in [4.69, 9.17) is 58.0 Å². The molecule has 0 nitrogen and oxygen atoms in total. The van der Waals surface area contributed by atoms with E-state index in [0.717, 1.165) is 5.56 Å². The number of hydrogen-bond acceptors (Lipinski definition) is 0. The normalized spacial score (nSPS) is 10.9. The van der Waals surface area contributed by atoms with Crippen molar-refractivity contribution >= 4 is 58.0 Å². The molecule has 0 aromatic heterocycles. The third-order valence-corrected chi connectivity index (χ3v) is 3.15. The van der Waals surface area contributed by atoms with Gasteiger partial charge in [0.15, 0.2) is 0 Å². The van der Waals surface area contributed by atoms with Gasteiger partial charge in [0.1, 0.15) is 4.84 Å². The van der Waals surface area contributed by atoms with Crippen molar-refractivity contribution < 1.29 is 0 Å². The highest BCUT2D eigenvalue weighted by Crippen LogP contribution is 2.34. The van der Waals surface area contributed by atoms with Gasteiger partial charge < -0.3 is 0 Å². The first-order chi connectivity index (χ1) is 6.06. The second-order valence-electron chi connectivity index (χ2n) is 2.41. The minimum absolute atomic E-state index is 0.285. The molecule has 0 atom stereocenters. The molecule has 0 unspecified atom stereocenters. The molecule has 5 heteroatoms. The van der Waals surface area contributed by atoms with Crippen molar-refractivity contribution in [3.8, 4) is 0 Å². The zero-order chi connectivity index (χ0) is 10.0. The summed E-state index contributed by atoms with van der Waals surface area (Å²) in [5.41, 5.74) is 1.44. The number of rotatable bonds is 2. The Bertz CT molecular complexity index is 308. The van der Waals surface area contributed by atoms with Crippen LogP contribution >= 0.6 is 58.0 Å².